The van der Waals surface area contributed by atoms with Crippen molar-refractivity contribution >= 4 is 11.6 Å². The van der Waals surface area contributed by atoms with Gasteiger partial charge in [0.1, 0.15) is 0 Å². The van der Waals surface area contributed by atoms with E-state index in [0.29, 0.717) is 24.8 Å². The number of rotatable bonds is 4. The van der Waals surface area contributed by atoms with E-state index in [4.69, 9.17) is 5.73 Å². The van der Waals surface area contributed by atoms with Crippen LogP contribution >= 0.6 is 0 Å². The van der Waals surface area contributed by atoms with Crippen LogP contribution in [0.5, 0.6) is 0 Å². The molecule has 98 valence electrons. The van der Waals surface area contributed by atoms with Gasteiger partial charge in [0.25, 0.3) is 0 Å². The third kappa shape index (κ3) is 2.41. The highest BCUT2D eigenvalue weighted by atomic mass is 16.2. The molecule has 1 aliphatic rings. The Morgan fingerprint density at radius 2 is 2.11 bits per heavy atom. The molecule has 0 aromatic heterocycles. The quantitative estimate of drug-likeness (QED) is 0.883. The van der Waals surface area contributed by atoms with E-state index in [0.717, 1.165) is 17.7 Å². The number of hydrogen-bond donors (Lipinski definition) is 1. The molecule has 0 saturated heterocycles. The predicted molar refractivity (Wildman–Crippen MR) is 74.6 cm³/mol. The van der Waals surface area contributed by atoms with Crippen LogP contribution in [0, 0.1) is 11.8 Å². The van der Waals surface area contributed by atoms with E-state index in [1.807, 2.05) is 7.05 Å². The number of hydrogen-bond acceptors (Lipinski definition) is 2. The average Bonchev–Trinajstić information content (AvgIpc) is 2.61. The molecule has 1 aromatic rings. The van der Waals surface area contributed by atoms with Crippen LogP contribution in [0.3, 0.4) is 0 Å². The van der Waals surface area contributed by atoms with Crippen molar-refractivity contribution in [1.82, 2.24) is 0 Å². The number of anilines is 1. The zero-order chi connectivity index (χ0) is 13.3. The van der Waals surface area contributed by atoms with Gasteiger partial charge in [-0.15, -0.1) is 0 Å². The average molecular weight is 246 g/mol. The van der Waals surface area contributed by atoms with Crippen molar-refractivity contribution in [3.05, 3.63) is 29.3 Å². The van der Waals surface area contributed by atoms with E-state index in [1.165, 1.54) is 5.56 Å². The fraction of sp³-hybridized carbons (Fsp3) is 0.533. The summed E-state index contributed by atoms with van der Waals surface area (Å²) in [6, 6.07) is 6.35. The number of carbonyl (C=O) groups is 1. The molecule has 0 fully saturated rings. The van der Waals surface area contributed by atoms with Crippen molar-refractivity contribution in [2.24, 2.45) is 17.6 Å². The molecular weight excluding hydrogens is 224 g/mol. The topological polar surface area (TPSA) is 46.3 Å². The summed E-state index contributed by atoms with van der Waals surface area (Å²) in [5, 5.41) is 0. The van der Waals surface area contributed by atoms with E-state index < -0.39 is 0 Å². The van der Waals surface area contributed by atoms with Gasteiger partial charge in [-0.25, -0.2) is 0 Å². The molecule has 0 saturated carbocycles. The lowest BCUT2D eigenvalue weighted by molar-refractivity contribution is -0.117. The second-order valence-corrected chi connectivity index (χ2v) is 5.54. The van der Waals surface area contributed by atoms with Gasteiger partial charge >= 0.3 is 0 Å². The lowest BCUT2D eigenvalue weighted by Crippen LogP contribution is -2.22. The zero-order valence-corrected chi connectivity index (χ0v) is 11.4. The van der Waals surface area contributed by atoms with Crippen LogP contribution in [0.4, 0.5) is 5.69 Å². The van der Waals surface area contributed by atoms with Gasteiger partial charge in [-0.05, 0) is 42.0 Å². The van der Waals surface area contributed by atoms with Gasteiger partial charge in [-0.3, -0.25) is 4.79 Å². The zero-order valence-electron chi connectivity index (χ0n) is 11.4. The van der Waals surface area contributed by atoms with Crippen molar-refractivity contribution < 1.29 is 4.79 Å². The number of benzene rings is 1. The number of amides is 1. The van der Waals surface area contributed by atoms with Crippen LogP contribution in [-0.2, 0) is 17.6 Å². The molecule has 1 aliphatic heterocycles. The lowest BCUT2D eigenvalue weighted by atomic mass is 9.89. The second kappa shape index (κ2) is 5.11. The van der Waals surface area contributed by atoms with Gasteiger partial charge in [-0.1, -0.05) is 26.0 Å². The summed E-state index contributed by atoms with van der Waals surface area (Å²) in [4.78, 5) is 13.4. The lowest BCUT2D eigenvalue weighted by Gasteiger charge is -2.19. The number of nitrogens with zero attached hydrogens (tertiary/aromatic N) is 1. The third-order valence-corrected chi connectivity index (χ3v) is 3.96. The van der Waals surface area contributed by atoms with Crippen molar-refractivity contribution in [2.75, 3.05) is 18.5 Å². The molecule has 3 nitrogen and oxygen atoms in total. The Balaban J connectivity index is 2.18. The molecule has 1 heterocycles. The maximum atomic E-state index is 11.6. The first-order valence-electron chi connectivity index (χ1n) is 6.61. The molecule has 0 radical (unpaired) electrons. The van der Waals surface area contributed by atoms with E-state index in [2.05, 4.69) is 32.0 Å². The van der Waals surface area contributed by atoms with Gasteiger partial charge in [-0.2, -0.15) is 0 Å². The van der Waals surface area contributed by atoms with Crippen LogP contribution in [0.1, 0.15) is 25.0 Å². The standard InChI is InChI=1S/C15H22N2O/c1-10(2)13(9-16)7-11-4-5-14-12(6-11)8-15(18)17(14)3/h4-6,10,13H,7-9,16H2,1-3H3. The van der Waals surface area contributed by atoms with Crippen LogP contribution in [0.15, 0.2) is 18.2 Å². The molecule has 1 aromatic carbocycles. The minimum absolute atomic E-state index is 0.182. The summed E-state index contributed by atoms with van der Waals surface area (Å²) in [6.45, 7) is 5.14. The van der Waals surface area contributed by atoms with Crippen molar-refractivity contribution in [3.8, 4) is 0 Å². The van der Waals surface area contributed by atoms with Crippen LogP contribution < -0.4 is 10.6 Å². The van der Waals surface area contributed by atoms with Gasteiger partial charge < -0.3 is 10.6 Å². The Bertz CT molecular complexity index is 454. The Morgan fingerprint density at radius 1 is 1.39 bits per heavy atom. The highest BCUT2D eigenvalue weighted by Gasteiger charge is 2.24. The Kier molecular flexibility index (Phi) is 3.71. The van der Waals surface area contributed by atoms with Gasteiger partial charge in [0, 0.05) is 12.7 Å². The summed E-state index contributed by atoms with van der Waals surface area (Å²) >= 11 is 0. The molecule has 1 unspecified atom stereocenters. The highest BCUT2D eigenvalue weighted by molar-refractivity contribution is 6.00. The summed E-state index contributed by atoms with van der Waals surface area (Å²) in [6.07, 6.45) is 1.54. The van der Waals surface area contributed by atoms with E-state index in [-0.39, 0.29) is 5.91 Å². The van der Waals surface area contributed by atoms with Crippen LogP contribution in [0.2, 0.25) is 0 Å². The van der Waals surface area contributed by atoms with E-state index in [9.17, 15) is 4.79 Å². The van der Waals surface area contributed by atoms with Crippen LogP contribution in [0.25, 0.3) is 0 Å². The van der Waals surface area contributed by atoms with Crippen molar-refractivity contribution in [1.29, 1.82) is 0 Å². The largest absolute Gasteiger partial charge is 0.330 e. The van der Waals surface area contributed by atoms with Crippen molar-refractivity contribution in [2.45, 2.75) is 26.7 Å². The molecule has 1 atom stereocenters. The van der Waals surface area contributed by atoms with E-state index >= 15 is 0 Å². The second-order valence-electron chi connectivity index (χ2n) is 5.54. The smallest absolute Gasteiger partial charge is 0.231 e. The SMILES string of the molecule is CC(C)C(CN)Cc1ccc2c(c1)CC(=O)N2C. The number of fused-ring (bicyclic) bond motifs is 1. The molecule has 3 heteroatoms. The summed E-state index contributed by atoms with van der Waals surface area (Å²) in [7, 11) is 1.84. The first kappa shape index (κ1) is 13.1. The molecule has 2 N–H and O–H groups in total. The number of likely N-dealkylation sites (N-methyl/N-ethyl adjacent to an activating group) is 1. The highest BCUT2D eigenvalue weighted by Crippen LogP contribution is 2.29. The summed E-state index contributed by atoms with van der Waals surface area (Å²) in [5.74, 6) is 1.28. The molecule has 0 bridgehead atoms. The van der Waals surface area contributed by atoms with Crippen LogP contribution in [-0.4, -0.2) is 19.5 Å². The fourth-order valence-electron chi connectivity index (χ4n) is 2.54. The minimum Gasteiger partial charge on any atom is -0.330 e. The van der Waals surface area contributed by atoms with Gasteiger partial charge in [0.2, 0.25) is 5.91 Å². The molecule has 18 heavy (non-hydrogen) atoms. The first-order chi connectivity index (χ1) is 8.52. The van der Waals surface area contributed by atoms with E-state index in [1.54, 1.807) is 4.90 Å². The molecule has 0 aliphatic carbocycles. The van der Waals surface area contributed by atoms with Crippen molar-refractivity contribution in [3.63, 3.8) is 0 Å². The minimum atomic E-state index is 0.182. The molecule has 2 rings (SSSR count). The van der Waals surface area contributed by atoms with Gasteiger partial charge in [0.05, 0.1) is 6.42 Å². The third-order valence-electron chi connectivity index (χ3n) is 3.96. The first-order valence-corrected chi connectivity index (χ1v) is 6.61. The Morgan fingerprint density at radius 3 is 2.72 bits per heavy atom. The van der Waals surface area contributed by atoms with Gasteiger partial charge in [0.15, 0.2) is 0 Å². The Hall–Kier alpha value is -1.35. The predicted octanol–water partition coefficient (Wildman–Crippen LogP) is 1.98. The monoisotopic (exact) mass is 246 g/mol. The number of nitrogens with two attached hydrogens (primary N) is 1. The Labute approximate surface area is 109 Å². The maximum absolute atomic E-state index is 11.6. The summed E-state index contributed by atoms with van der Waals surface area (Å²) < 4.78 is 0. The molecule has 1 amide bonds. The summed E-state index contributed by atoms with van der Waals surface area (Å²) in [5.41, 5.74) is 9.31. The fourth-order valence-corrected chi connectivity index (χ4v) is 2.54. The molecule has 0 spiro atoms. The number of carbonyl (C=O) groups excluding carboxylic acids is 1. The normalized spacial score (nSPS) is 16.3. The molecular formula is C15H22N2O. The maximum Gasteiger partial charge on any atom is 0.231 e.